The van der Waals surface area contributed by atoms with E-state index < -0.39 is 0 Å². The Labute approximate surface area is 159 Å². The van der Waals surface area contributed by atoms with Gasteiger partial charge in [-0.3, -0.25) is 4.98 Å². The number of allylic oxidation sites excluding steroid dienone is 1. The van der Waals surface area contributed by atoms with Crippen molar-refractivity contribution in [2.24, 2.45) is 0 Å². The smallest absolute Gasteiger partial charge is 0.246 e. The fourth-order valence-electron chi connectivity index (χ4n) is 3.79. The van der Waals surface area contributed by atoms with Crippen molar-refractivity contribution >= 4 is 17.3 Å². The fraction of sp³-hybridized carbons (Fsp3) is 0.381. The van der Waals surface area contributed by atoms with Gasteiger partial charge >= 0.3 is 0 Å². The molecule has 1 saturated heterocycles. The first-order valence-electron chi connectivity index (χ1n) is 9.56. The Balaban J connectivity index is 1.70. The molecule has 27 heavy (non-hydrogen) atoms. The van der Waals surface area contributed by atoms with Crippen LogP contribution in [0.15, 0.2) is 54.4 Å². The highest BCUT2D eigenvalue weighted by Crippen LogP contribution is 2.34. The molecule has 0 aliphatic carbocycles. The van der Waals surface area contributed by atoms with E-state index in [0.717, 1.165) is 42.4 Å². The van der Waals surface area contributed by atoms with Crippen LogP contribution in [0.3, 0.4) is 0 Å². The van der Waals surface area contributed by atoms with Gasteiger partial charge < -0.3 is 10.2 Å². The van der Waals surface area contributed by atoms with Crippen LogP contribution in [-0.4, -0.2) is 32.2 Å². The van der Waals surface area contributed by atoms with Crippen LogP contribution in [0.25, 0.3) is 5.52 Å². The maximum atomic E-state index is 4.90. The molecule has 0 radical (unpaired) electrons. The van der Waals surface area contributed by atoms with Crippen LogP contribution in [0.1, 0.15) is 45.3 Å². The van der Waals surface area contributed by atoms with E-state index in [4.69, 9.17) is 10.1 Å². The molecule has 0 spiro atoms. The number of pyridine rings is 1. The van der Waals surface area contributed by atoms with Gasteiger partial charge in [0.25, 0.3) is 0 Å². The van der Waals surface area contributed by atoms with E-state index in [-0.39, 0.29) is 12.1 Å². The third-order valence-corrected chi connectivity index (χ3v) is 4.87. The molecule has 0 saturated carbocycles. The Morgan fingerprint density at radius 3 is 2.93 bits per heavy atom. The minimum atomic E-state index is 0.196. The molecule has 2 atom stereocenters. The maximum absolute atomic E-state index is 4.90. The summed E-state index contributed by atoms with van der Waals surface area (Å²) >= 11 is 0. The van der Waals surface area contributed by atoms with E-state index >= 15 is 0 Å². The normalized spacial score (nSPS) is 17.9. The highest BCUT2D eigenvalue weighted by atomic mass is 15.4. The SMILES string of the molecule is CC(C)=CC(C)Nc1nc(N2CCCC2c2ccccn2)nn2cccc12. The number of hydrogen-bond acceptors (Lipinski definition) is 5. The second-order valence-corrected chi connectivity index (χ2v) is 7.38. The Hall–Kier alpha value is -2.89. The van der Waals surface area contributed by atoms with Gasteiger partial charge in [0.05, 0.1) is 11.7 Å². The van der Waals surface area contributed by atoms with Gasteiger partial charge in [-0.2, -0.15) is 4.98 Å². The molecule has 4 heterocycles. The maximum Gasteiger partial charge on any atom is 0.246 e. The van der Waals surface area contributed by atoms with E-state index in [1.165, 1.54) is 5.57 Å². The molecular formula is C21H26N6. The van der Waals surface area contributed by atoms with Crippen LogP contribution < -0.4 is 10.2 Å². The summed E-state index contributed by atoms with van der Waals surface area (Å²) < 4.78 is 1.91. The highest BCUT2D eigenvalue weighted by molar-refractivity contribution is 5.69. The van der Waals surface area contributed by atoms with Crippen LogP contribution in [-0.2, 0) is 0 Å². The third kappa shape index (κ3) is 3.65. The van der Waals surface area contributed by atoms with Crippen molar-refractivity contribution in [1.29, 1.82) is 0 Å². The Morgan fingerprint density at radius 1 is 1.26 bits per heavy atom. The Bertz CT molecular complexity index is 942. The molecule has 1 N–H and O–H groups in total. The number of hydrogen-bond donors (Lipinski definition) is 1. The van der Waals surface area contributed by atoms with Crippen LogP contribution >= 0.6 is 0 Å². The molecule has 6 heteroatoms. The lowest BCUT2D eigenvalue weighted by Crippen LogP contribution is -2.27. The molecule has 0 bridgehead atoms. The minimum absolute atomic E-state index is 0.196. The topological polar surface area (TPSA) is 58.4 Å². The quantitative estimate of drug-likeness (QED) is 0.688. The van der Waals surface area contributed by atoms with Crippen molar-refractivity contribution in [3.8, 4) is 0 Å². The summed E-state index contributed by atoms with van der Waals surface area (Å²) in [5, 5.41) is 8.30. The molecule has 2 unspecified atom stereocenters. The summed E-state index contributed by atoms with van der Waals surface area (Å²) in [6.07, 6.45) is 8.22. The van der Waals surface area contributed by atoms with Crippen molar-refractivity contribution in [2.45, 2.75) is 45.7 Å². The zero-order valence-electron chi connectivity index (χ0n) is 16.1. The van der Waals surface area contributed by atoms with Crippen LogP contribution in [0.5, 0.6) is 0 Å². The number of anilines is 2. The van der Waals surface area contributed by atoms with Crippen LogP contribution in [0.2, 0.25) is 0 Å². The molecule has 0 aromatic carbocycles. The monoisotopic (exact) mass is 362 g/mol. The largest absolute Gasteiger partial charge is 0.362 e. The molecular weight excluding hydrogens is 336 g/mol. The van der Waals surface area contributed by atoms with E-state index in [1.807, 2.05) is 41.2 Å². The summed E-state index contributed by atoms with van der Waals surface area (Å²) in [5.74, 6) is 1.61. The van der Waals surface area contributed by atoms with Crippen molar-refractivity contribution < 1.29 is 0 Å². The van der Waals surface area contributed by atoms with Gasteiger partial charge in [-0.1, -0.05) is 17.7 Å². The molecule has 3 aromatic rings. The third-order valence-electron chi connectivity index (χ3n) is 4.87. The summed E-state index contributed by atoms with van der Waals surface area (Å²) in [4.78, 5) is 11.7. The van der Waals surface area contributed by atoms with Crippen molar-refractivity contribution in [1.82, 2.24) is 19.6 Å². The van der Waals surface area contributed by atoms with E-state index in [0.29, 0.717) is 0 Å². The number of nitrogens with one attached hydrogen (secondary N) is 1. The molecule has 4 rings (SSSR count). The lowest BCUT2D eigenvalue weighted by Gasteiger charge is -2.25. The minimum Gasteiger partial charge on any atom is -0.362 e. The molecule has 1 aliphatic rings. The zero-order chi connectivity index (χ0) is 18.8. The Kier molecular flexibility index (Phi) is 4.79. The van der Waals surface area contributed by atoms with E-state index in [9.17, 15) is 0 Å². The van der Waals surface area contributed by atoms with Crippen molar-refractivity contribution in [3.05, 3.63) is 60.1 Å². The standard InChI is InChI=1S/C21H26N6/c1-15(2)14-16(3)23-20-19-10-7-13-27(19)25-21(24-20)26-12-6-9-18(26)17-8-4-5-11-22-17/h4-5,7-8,10-11,13-14,16,18H,6,9,12H2,1-3H3,(H,23,24,25). The predicted molar refractivity (Wildman–Crippen MR) is 109 cm³/mol. The van der Waals surface area contributed by atoms with Crippen LogP contribution in [0.4, 0.5) is 11.8 Å². The van der Waals surface area contributed by atoms with Gasteiger partial charge in [0.1, 0.15) is 5.52 Å². The van der Waals surface area contributed by atoms with Gasteiger partial charge in [-0.25, -0.2) is 4.52 Å². The lowest BCUT2D eigenvalue weighted by molar-refractivity contribution is 0.670. The van der Waals surface area contributed by atoms with Crippen LogP contribution in [0, 0.1) is 0 Å². The second-order valence-electron chi connectivity index (χ2n) is 7.38. The van der Waals surface area contributed by atoms with Gasteiger partial charge in [-0.05, 0) is 57.9 Å². The molecule has 1 fully saturated rings. The molecule has 6 nitrogen and oxygen atoms in total. The van der Waals surface area contributed by atoms with Crippen molar-refractivity contribution in [3.63, 3.8) is 0 Å². The first-order valence-corrected chi connectivity index (χ1v) is 9.56. The average Bonchev–Trinajstić information content (AvgIpc) is 3.31. The first-order chi connectivity index (χ1) is 13.1. The zero-order valence-corrected chi connectivity index (χ0v) is 16.1. The average molecular weight is 362 g/mol. The van der Waals surface area contributed by atoms with E-state index in [1.54, 1.807) is 0 Å². The van der Waals surface area contributed by atoms with Crippen molar-refractivity contribution in [2.75, 3.05) is 16.8 Å². The molecule has 3 aromatic heterocycles. The Morgan fingerprint density at radius 2 is 2.15 bits per heavy atom. The predicted octanol–water partition coefficient (Wildman–Crippen LogP) is 4.23. The number of rotatable bonds is 5. The molecule has 140 valence electrons. The summed E-state index contributed by atoms with van der Waals surface area (Å²) in [6, 6.07) is 10.6. The van der Waals surface area contributed by atoms with Gasteiger partial charge in [-0.15, -0.1) is 5.10 Å². The molecule has 1 aliphatic heterocycles. The number of nitrogens with zero attached hydrogens (tertiary/aromatic N) is 5. The molecule has 0 amide bonds. The summed E-state index contributed by atoms with van der Waals surface area (Å²) in [5.41, 5.74) is 3.35. The summed E-state index contributed by atoms with van der Waals surface area (Å²) in [6.45, 7) is 7.30. The first kappa shape index (κ1) is 17.5. The number of fused-ring (bicyclic) bond motifs is 1. The van der Waals surface area contributed by atoms with Gasteiger partial charge in [0.15, 0.2) is 5.82 Å². The lowest BCUT2D eigenvalue weighted by atomic mass is 10.1. The summed E-state index contributed by atoms with van der Waals surface area (Å²) in [7, 11) is 0. The van der Waals surface area contributed by atoms with E-state index in [2.05, 4.69) is 48.1 Å². The van der Waals surface area contributed by atoms with Gasteiger partial charge in [0, 0.05) is 25.0 Å². The van der Waals surface area contributed by atoms with Gasteiger partial charge in [0.2, 0.25) is 5.95 Å². The second kappa shape index (κ2) is 7.39. The highest BCUT2D eigenvalue weighted by Gasteiger charge is 2.29. The number of aromatic nitrogens is 4. The fourth-order valence-corrected chi connectivity index (χ4v) is 3.79.